The number of hydrogen-bond donors (Lipinski definition) is 1. The average Bonchev–Trinajstić information content (AvgIpc) is 2.70. The maximum absolute atomic E-state index is 12.8. The van der Waals surface area contributed by atoms with Gasteiger partial charge in [-0.25, -0.2) is 9.59 Å². The minimum absolute atomic E-state index is 0.415. The predicted octanol–water partition coefficient (Wildman–Crippen LogP) is 3.86. The van der Waals surface area contributed by atoms with Gasteiger partial charge in [-0.15, -0.1) is 0 Å². The van der Waals surface area contributed by atoms with Crippen LogP contribution in [0.25, 0.3) is 0 Å². The van der Waals surface area contributed by atoms with E-state index in [2.05, 4.69) is 16.3 Å². The van der Waals surface area contributed by atoms with Crippen molar-refractivity contribution in [1.82, 2.24) is 5.32 Å². The number of para-hydroxylation sites is 1. The van der Waals surface area contributed by atoms with E-state index in [-0.39, 0.29) is 0 Å². The van der Waals surface area contributed by atoms with Crippen molar-refractivity contribution in [2.45, 2.75) is 44.9 Å². The first-order chi connectivity index (χ1) is 13.8. The van der Waals surface area contributed by atoms with Gasteiger partial charge in [-0.1, -0.05) is 42.5 Å². The van der Waals surface area contributed by atoms with Gasteiger partial charge in [0, 0.05) is 12.2 Å². The molecule has 6 heteroatoms. The second kappa shape index (κ2) is 8.55. The van der Waals surface area contributed by atoms with Crippen LogP contribution in [0, 0.1) is 0 Å². The first-order valence-corrected chi connectivity index (χ1v) is 9.77. The molecule has 0 bridgehead atoms. The Morgan fingerprint density at radius 1 is 1.07 bits per heavy atom. The standard InChI is InChI=1S/C23H28N2O4/c1-23(2,3)29-22(27)24-19(21(26)28-4)20-18-13-9-8-10-16(18)14-15-25(20)17-11-6-5-7-12-17/h5-13,19-20H,14-15H2,1-4H3,(H,24,27). The number of benzene rings is 2. The van der Waals surface area contributed by atoms with Gasteiger partial charge in [0.2, 0.25) is 0 Å². The van der Waals surface area contributed by atoms with E-state index in [0.29, 0.717) is 0 Å². The molecule has 3 rings (SSSR count). The summed E-state index contributed by atoms with van der Waals surface area (Å²) in [5, 5.41) is 2.76. The molecule has 0 radical (unpaired) electrons. The average molecular weight is 396 g/mol. The van der Waals surface area contributed by atoms with E-state index in [0.717, 1.165) is 29.8 Å². The molecule has 6 nitrogen and oxygen atoms in total. The summed E-state index contributed by atoms with van der Waals surface area (Å²) < 4.78 is 10.5. The molecular formula is C23H28N2O4. The van der Waals surface area contributed by atoms with Gasteiger partial charge in [-0.2, -0.15) is 0 Å². The Balaban J connectivity index is 2.03. The first-order valence-electron chi connectivity index (χ1n) is 9.77. The molecule has 0 saturated carbocycles. The minimum atomic E-state index is -0.920. The lowest BCUT2D eigenvalue weighted by molar-refractivity contribution is -0.143. The Hall–Kier alpha value is -3.02. The van der Waals surface area contributed by atoms with E-state index in [4.69, 9.17) is 9.47 Å². The number of hydrogen-bond acceptors (Lipinski definition) is 5. The summed E-state index contributed by atoms with van der Waals surface area (Å²) in [5.41, 5.74) is 2.46. The number of fused-ring (bicyclic) bond motifs is 1. The van der Waals surface area contributed by atoms with Crippen molar-refractivity contribution in [1.29, 1.82) is 0 Å². The Morgan fingerprint density at radius 3 is 2.38 bits per heavy atom. The highest BCUT2D eigenvalue weighted by atomic mass is 16.6. The molecule has 0 aliphatic carbocycles. The Bertz CT molecular complexity index is 861. The summed E-state index contributed by atoms with van der Waals surface area (Å²) >= 11 is 0. The number of nitrogens with zero attached hydrogens (tertiary/aromatic N) is 1. The summed E-state index contributed by atoms with van der Waals surface area (Å²) in [4.78, 5) is 27.4. The number of nitrogens with one attached hydrogen (secondary N) is 1. The van der Waals surface area contributed by atoms with Gasteiger partial charge in [-0.3, -0.25) is 0 Å². The highest BCUT2D eigenvalue weighted by molar-refractivity contribution is 5.83. The Morgan fingerprint density at radius 2 is 1.72 bits per heavy atom. The van der Waals surface area contributed by atoms with Crippen LogP contribution < -0.4 is 10.2 Å². The molecule has 0 fully saturated rings. The van der Waals surface area contributed by atoms with Crippen molar-refractivity contribution in [3.63, 3.8) is 0 Å². The summed E-state index contributed by atoms with van der Waals surface area (Å²) in [6.07, 6.45) is 0.200. The van der Waals surface area contributed by atoms with Crippen molar-refractivity contribution < 1.29 is 19.1 Å². The van der Waals surface area contributed by atoms with Gasteiger partial charge in [0.15, 0.2) is 6.04 Å². The molecule has 0 aromatic heterocycles. The number of carbonyl (C=O) groups excluding carboxylic acids is 2. The van der Waals surface area contributed by atoms with Crippen LogP contribution in [0.5, 0.6) is 0 Å². The van der Waals surface area contributed by atoms with Gasteiger partial charge in [0.05, 0.1) is 13.2 Å². The van der Waals surface area contributed by atoms with E-state index in [1.165, 1.54) is 7.11 Å². The van der Waals surface area contributed by atoms with Crippen LogP contribution >= 0.6 is 0 Å². The Labute approximate surface area is 171 Å². The zero-order chi connectivity index (χ0) is 21.0. The number of amides is 1. The number of anilines is 1. The third-order valence-corrected chi connectivity index (χ3v) is 4.86. The molecule has 2 atom stereocenters. The maximum Gasteiger partial charge on any atom is 0.408 e. The normalized spacial score (nSPS) is 17.1. The van der Waals surface area contributed by atoms with Crippen LogP contribution in [0.3, 0.4) is 0 Å². The van der Waals surface area contributed by atoms with Crippen LogP contribution in [-0.2, 0) is 20.7 Å². The zero-order valence-electron chi connectivity index (χ0n) is 17.3. The van der Waals surface area contributed by atoms with Crippen LogP contribution in [0.1, 0.15) is 37.9 Å². The molecule has 1 aliphatic heterocycles. The SMILES string of the molecule is COC(=O)C(NC(=O)OC(C)(C)C)C1c2ccccc2CCN1c1ccccc1. The third-order valence-electron chi connectivity index (χ3n) is 4.86. The number of ether oxygens (including phenoxy) is 2. The fourth-order valence-electron chi connectivity index (χ4n) is 3.70. The molecule has 1 aliphatic rings. The molecule has 154 valence electrons. The lowest BCUT2D eigenvalue weighted by Gasteiger charge is -2.42. The van der Waals surface area contributed by atoms with Crippen LogP contribution in [0.2, 0.25) is 0 Å². The topological polar surface area (TPSA) is 67.9 Å². The third kappa shape index (κ3) is 4.88. The molecule has 1 N–H and O–H groups in total. The van der Waals surface area contributed by atoms with Crippen LogP contribution in [0.4, 0.5) is 10.5 Å². The van der Waals surface area contributed by atoms with E-state index in [1.807, 2.05) is 48.5 Å². The number of alkyl carbamates (subject to hydrolysis) is 1. The fraction of sp³-hybridized carbons (Fsp3) is 0.391. The van der Waals surface area contributed by atoms with Gasteiger partial charge < -0.3 is 19.7 Å². The molecule has 1 heterocycles. The fourth-order valence-corrected chi connectivity index (χ4v) is 3.70. The molecule has 2 aromatic carbocycles. The molecule has 0 saturated heterocycles. The second-order valence-corrected chi connectivity index (χ2v) is 8.07. The highest BCUT2D eigenvalue weighted by Crippen LogP contribution is 2.36. The first kappa shape index (κ1) is 20.7. The van der Waals surface area contributed by atoms with Crippen molar-refractivity contribution in [3.05, 3.63) is 65.7 Å². The molecule has 2 aromatic rings. The maximum atomic E-state index is 12.8. The summed E-state index contributed by atoms with van der Waals surface area (Å²) in [7, 11) is 1.33. The van der Waals surface area contributed by atoms with Crippen LogP contribution in [0.15, 0.2) is 54.6 Å². The largest absolute Gasteiger partial charge is 0.467 e. The van der Waals surface area contributed by atoms with Crippen LogP contribution in [-0.4, -0.2) is 37.4 Å². The Kier molecular flexibility index (Phi) is 6.11. The number of rotatable bonds is 4. The van der Waals surface area contributed by atoms with Crippen molar-refractivity contribution in [2.24, 2.45) is 0 Å². The number of methoxy groups -OCH3 is 1. The number of esters is 1. The summed E-state index contributed by atoms with van der Waals surface area (Å²) in [6, 6.07) is 16.5. The van der Waals surface area contributed by atoms with Crippen molar-refractivity contribution >= 4 is 17.7 Å². The predicted molar refractivity (Wildman–Crippen MR) is 112 cm³/mol. The zero-order valence-corrected chi connectivity index (χ0v) is 17.3. The summed E-state index contributed by atoms with van der Waals surface area (Å²) in [5.74, 6) is -0.515. The monoisotopic (exact) mass is 396 g/mol. The molecule has 29 heavy (non-hydrogen) atoms. The second-order valence-electron chi connectivity index (χ2n) is 8.07. The lowest BCUT2D eigenvalue weighted by atomic mass is 9.87. The highest BCUT2D eigenvalue weighted by Gasteiger charge is 2.40. The van der Waals surface area contributed by atoms with E-state index >= 15 is 0 Å². The minimum Gasteiger partial charge on any atom is -0.467 e. The molecule has 0 spiro atoms. The molecule has 2 unspecified atom stereocenters. The van der Waals surface area contributed by atoms with E-state index < -0.39 is 29.7 Å². The quantitative estimate of drug-likeness (QED) is 0.795. The van der Waals surface area contributed by atoms with E-state index in [1.54, 1.807) is 20.8 Å². The van der Waals surface area contributed by atoms with E-state index in [9.17, 15) is 9.59 Å². The van der Waals surface area contributed by atoms with Gasteiger partial charge in [0.1, 0.15) is 5.60 Å². The smallest absolute Gasteiger partial charge is 0.408 e. The van der Waals surface area contributed by atoms with Crippen molar-refractivity contribution in [2.75, 3.05) is 18.6 Å². The number of carbonyl (C=O) groups is 2. The lowest BCUT2D eigenvalue weighted by Crippen LogP contribution is -2.54. The summed E-state index contributed by atoms with van der Waals surface area (Å²) in [6.45, 7) is 6.07. The van der Waals surface area contributed by atoms with Gasteiger partial charge in [0.25, 0.3) is 0 Å². The van der Waals surface area contributed by atoms with Crippen molar-refractivity contribution in [3.8, 4) is 0 Å². The molecular weight excluding hydrogens is 368 g/mol. The molecule has 1 amide bonds. The van der Waals surface area contributed by atoms with Gasteiger partial charge >= 0.3 is 12.1 Å². The van der Waals surface area contributed by atoms with Gasteiger partial charge in [-0.05, 0) is 50.5 Å².